The van der Waals surface area contributed by atoms with Crippen LogP contribution >= 0.6 is 11.8 Å². The van der Waals surface area contributed by atoms with Gasteiger partial charge in [-0.25, -0.2) is 24.3 Å². The van der Waals surface area contributed by atoms with Crippen molar-refractivity contribution < 1.29 is 9.53 Å². The van der Waals surface area contributed by atoms with Crippen molar-refractivity contribution in [3.8, 4) is 11.6 Å². The molecule has 0 fully saturated rings. The Bertz CT molecular complexity index is 1780. The van der Waals surface area contributed by atoms with Gasteiger partial charge in [0.2, 0.25) is 0 Å². The third-order valence-corrected chi connectivity index (χ3v) is 13.0. The van der Waals surface area contributed by atoms with Crippen LogP contribution < -0.4 is 20.4 Å². The van der Waals surface area contributed by atoms with Crippen LogP contribution in [0.25, 0.3) is 16.9 Å². The monoisotopic (exact) mass is 611 g/mol. The molecule has 0 saturated heterocycles. The molecule has 0 radical (unpaired) electrons. The summed E-state index contributed by atoms with van der Waals surface area (Å²) in [4.78, 5) is 27.4. The first-order valence-corrected chi connectivity index (χ1v) is 17.2. The van der Waals surface area contributed by atoms with Crippen molar-refractivity contribution in [1.82, 2.24) is 24.3 Å². The molecule has 10 heteroatoms. The average molecular weight is 612 g/mol. The topological polar surface area (TPSA) is 95.1 Å². The van der Waals surface area contributed by atoms with Crippen LogP contribution in [-0.2, 0) is 12.1 Å². The molecule has 0 aliphatic heterocycles. The van der Waals surface area contributed by atoms with Crippen LogP contribution in [0.3, 0.4) is 0 Å². The zero-order chi connectivity index (χ0) is 31.0. The number of hydrogen-bond donors (Lipinski definition) is 1. The lowest BCUT2D eigenvalue weighted by molar-refractivity contribution is 0.0736. The van der Waals surface area contributed by atoms with Gasteiger partial charge in [-0.3, -0.25) is 4.79 Å². The molecule has 0 aliphatic carbocycles. The summed E-state index contributed by atoms with van der Waals surface area (Å²) in [6, 6.07) is 24.3. The Labute approximate surface area is 257 Å². The van der Waals surface area contributed by atoms with E-state index in [1.807, 2.05) is 48.7 Å². The van der Waals surface area contributed by atoms with E-state index in [-0.39, 0.29) is 17.1 Å². The maximum absolute atomic E-state index is 13.5. The van der Waals surface area contributed by atoms with E-state index in [4.69, 9.17) is 9.41 Å². The van der Waals surface area contributed by atoms with Crippen molar-refractivity contribution in [2.75, 3.05) is 6.26 Å². The molecule has 1 N–H and O–H groups in total. The highest BCUT2D eigenvalue weighted by Gasteiger charge is 2.52. The Kier molecular flexibility index (Phi) is 8.21. The molecule has 0 atom stereocenters. The fourth-order valence-corrected chi connectivity index (χ4v) is 10.2. The van der Waals surface area contributed by atoms with Crippen molar-refractivity contribution >= 4 is 41.5 Å². The van der Waals surface area contributed by atoms with Gasteiger partial charge in [0.15, 0.2) is 16.6 Å². The van der Waals surface area contributed by atoms with Crippen LogP contribution in [0.5, 0.6) is 5.75 Å². The molecule has 0 bridgehead atoms. The second kappa shape index (κ2) is 11.6. The smallest absolute Gasteiger partial charge is 0.319 e. The van der Waals surface area contributed by atoms with Crippen molar-refractivity contribution in [2.45, 2.75) is 57.0 Å². The van der Waals surface area contributed by atoms with Gasteiger partial charge < -0.3 is 9.53 Å². The number of hydrogen-bond acceptors (Lipinski definition) is 7. The van der Waals surface area contributed by atoms with Gasteiger partial charge in [-0.2, -0.15) is 0 Å². The summed E-state index contributed by atoms with van der Waals surface area (Å²) in [5.41, 5.74) is -0.738. The Balaban J connectivity index is 1.83. The van der Waals surface area contributed by atoms with Crippen molar-refractivity contribution in [1.29, 1.82) is 0 Å². The fourth-order valence-electron chi connectivity index (χ4n) is 5.43. The van der Waals surface area contributed by atoms with E-state index in [9.17, 15) is 9.90 Å². The first-order valence-electron chi connectivity index (χ1n) is 14.1. The lowest BCUT2D eigenvalue weighted by Crippen LogP contribution is -2.68. The number of thioether (sulfide) groups is 1. The standard InChI is InChI=1S/C33H37N5O3SSi/c1-8-19-37-30(39)26-22-34-31(42-7)36-29(26)38(37)28-21-23(20-27(35-28)33(5,6)40)41-43(32(2,3)4,24-15-11-9-12-16-24)25-17-13-10-14-18-25/h8-18,20-22,40H,1,19H2,2-7H3. The van der Waals surface area contributed by atoms with Crippen molar-refractivity contribution in [2.24, 2.45) is 0 Å². The molecule has 3 heterocycles. The minimum atomic E-state index is -3.02. The Morgan fingerprint density at radius 3 is 2.09 bits per heavy atom. The van der Waals surface area contributed by atoms with Crippen LogP contribution in [0.4, 0.5) is 0 Å². The molecule has 0 unspecified atom stereocenters. The summed E-state index contributed by atoms with van der Waals surface area (Å²) in [6.45, 7) is 14.1. The van der Waals surface area contributed by atoms with Gasteiger partial charge in [-0.05, 0) is 35.5 Å². The third-order valence-electron chi connectivity index (χ3n) is 7.45. The van der Waals surface area contributed by atoms with E-state index in [0.29, 0.717) is 33.5 Å². The first kappa shape index (κ1) is 30.5. The lowest BCUT2D eigenvalue weighted by Gasteiger charge is -2.43. The van der Waals surface area contributed by atoms with Crippen LogP contribution in [0, 0.1) is 0 Å². The van der Waals surface area contributed by atoms with Crippen molar-refractivity contribution in [3.05, 3.63) is 108 Å². The van der Waals surface area contributed by atoms with E-state index in [2.05, 4.69) is 61.6 Å². The number of aromatic nitrogens is 5. The Morgan fingerprint density at radius 2 is 1.58 bits per heavy atom. The summed E-state index contributed by atoms with van der Waals surface area (Å²) in [6.07, 6.45) is 5.08. The zero-order valence-corrected chi connectivity index (χ0v) is 27.2. The van der Waals surface area contributed by atoms with Crippen molar-refractivity contribution in [3.63, 3.8) is 0 Å². The minimum Gasteiger partial charge on any atom is -0.534 e. The molecule has 2 aromatic carbocycles. The number of benzene rings is 2. The molecule has 5 aromatic rings. The number of aliphatic hydroxyl groups is 1. The van der Waals surface area contributed by atoms with E-state index in [1.54, 1.807) is 36.9 Å². The number of nitrogens with zero attached hydrogens (tertiary/aromatic N) is 5. The molecule has 222 valence electrons. The molecule has 43 heavy (non-hydrogen) atoms. The SMILES string of the molecule is C=CCn1c(=O)c2cnc(SC)nc2n1-c1cc(O[Si](c2ccccc2)(c2ccccc2)C(C)(C)C)cc(C(C)(C)O)n1. The maximum atomic E-state index is 13.5. The zero-order valence-electron chi connectivity index (χ0n) is 25.4. The highest BCUT2D eigenvalue weighted by molar-refractivity contribution is 7.98. The molecule has 3 aromatic heterocycles. The minimum absolute atomic E-state index is 0.225. The van der Waals surface area contributed by atoms with E-state index in [1.165, 1.54) is 16.4 Å². The van der Waals surface area contributed by atoms with Gasteiger partial charge in [0.05, 0.1) is 12.2 Å². The second-order valence-electron chi connectivity index (χ2n) is 12.0. The molecule has 0 spiro atoms. The molecule has 0 saturated carbocycles. The molecule has 5 rings (SSSR count). The molecule has 0 amide bonds. The predicted octanol–water partition coefficient (Wildman–Crippen LogP) is 5.05. The van der Waals surface area contributed by atoms with Gasteiger partial charge in [-0.15, -0.1) is 6.58 Å². The summed E-state index contributed by atoms with van der Waals surface area (Å²) in [5, 5.41) is 14.1. The van der Waals surface area contributed by atoms with Crippen LogP contribution in [0.15, 0.2) is 102 Å². The van der Waals surface area contributed by atoms with E-state index < -0.39 is 13.9 Å². The van der Waals surface area contributed by atoms with Gasteiger partial charge in [0.25, 0.3) is 5.56 Å². The summed E-state index contributed by atoms with van der Waals surface area (Å²) < 4.78 is 10.5. The summed E-state index contributed by atoms with van der Waals surface area (Å²) in [5.74, 6) is 0.933. The highest BCUT2D eigenvalue weighted by atomic mass is 32.2. The molecular weight excluding hydrogens is 575 g/mol. The van der Waals surface area contributed by atoms with Gasteiger partial charge in [0, 0.05) is 18.3 Å². The molecule has 8 nitrogen and oxygen atoms in total. The van der Waals surface area contributed by atoms with Gasteiger partial charge in [-0.1, -0.05) is 99.3 Å². The average Bonchev–Trinajstić information content (AvgIpc) is 3.26. The largest absolute Gasteiger partial charge is 0.534 e. The van der Waals surface area contributed by atoms with E-state index >= 15 is 0 Å². The maximum Gasteiger partial charge on any atom is 0.319 e. The summed E-state index contributed by atoms with van der Waals surface area (Å²) >= 11 is 1.39. The third kappa shape index (κ3) is 5.58. The fraction of sp³-hybridized carbons (Fsp3) is 0.273. The number of allylic oxidation sites excluding steroid dienone is 1. The Hall–Kier alpha value is -3.99. The molecule has 0 aliphatic rings. The second-order valence-corrected chi connectivity index (χ2v) is 16.9. The lowest BCUT2D eigenvalue weighted by atomic mass is 10.0. The number of pyridine rings is 1. The van der Waals surface area contributed by atoms with E-state index in [0.717, 1.165) is 10.4 Å². The molecular formula is C33H37N5O3SSi. The van der Waals surface area contributed by atoms with Gasteiger partial charge in [0.1, 0.15) is 16.7 Å². The van der Waals surface area contributed by atoms with Crippen LogP contribution in [0.1, 0.15) is 40.3 Å². The van der Waals surface area contributed by atoms with Gasteiger partial charge >= 0.3 is 8.32 Å². The predicted molar refractivity (Wildman–Crippen MR) is 176 cm³/mol. The quantitative estimate of drug-likeness (QED) is 0.108. The van der Waals surface area contributed by atoms with Crippen LogP contribution in [-0.4, -0.2) is 44.0 Å². The first-order chi connectivity index (χ1) is 20.4. The van der Waals surface area contributed by atoms with Crippen LogP contribution in [0.2, 0.25) is 5.04 Å². The Morgan fingerprint density at radius 1 is 0.977 bits per heavy atom. The number of rotatable bonds is 9. The number of fused-ring (bicyclic) bond motifs is 1. The normalized spacial score (nSPS) is 12.4. The highest BCUT2D eigenvalue weighted by Crippen LogP contribution is 2.38. The summed E-state index contributed by atoms with van der Waals surface area (Å²) in [7, 11) is -3.02.